The summed E-state index contributed by atoms with van der Waals surface area (Å²) in [5, 5.41) is 9.05. The number of piperidine rings is 1. The molecule has 0 amide bonds. The fraction of sp³-hybridized carbons (Fsp3) is 0.769. The maximum Gasteiger partial charge on any atom is 0.109 e. The smallest absolute Gasteiger partial charge is 0.109 e. The van der Waals surface area contributed by atoms with Gasteiger partial charge in [0, 0.05) is 28.6 Å². The molecule has 1 saturated heterocycles. The van der Waals surface area contributed by atoms with Crippen molar-refractivity contribution in [3.05, 3.63) is 16.1 Å². The van der Waals surface area contributed by atoms with Crippen LogP contribution in [0.3, 0.4) is 0 Å². The van der Waals surface area contributed by atoms with E-state index in [1.807, 2.05) is 6.20 Å². The molecule has 0 aromatic carbocycles. The van der Waals surface area contributed by atoms with E-state index in [9.17, 15) is 0 Å². The number of thiazole rings is 1. The number of hydrogen-bond donors (Lipinski definition) is 2. The monoisotopic (exact) mass is 285 g/mol. The molecule has 1 aromatic rings. The van der Waals surface area contributed by atoms with Gasteiger partial charge in [0.25, 0.3) is 0 Å². The van der Waals surface area contributed by atoms with Crippen LogP contribution in [0.15, 0.2) is 6.20 Å². The Labute approximate surface area is 118 Å². The molecule has 2 rings (SSSR count). The fourth-order valence-electron chi connectivity index (χ4n) is 2.12. The molecule has 2 N–H and O–H groups in total. The minimum atomic E-state index is 0.386. The molecule has 102 valence electrons. The summed E-state index contributed by atoms with van der Waals surface area (Å²) in [6.07, 6.45) is 4.61. The molecule has 2 heterocycles. The zero-order valence-corrected chi connectivity index (χ0v) is 12.9. The summed E-state index contributed by atoms with van der Waals surface area (Å²) < 4.78 is 0. The molecule has 1 unspecified atom stereocenters. The molecule has 1 aromatic heterocycles. The van der Waals surface area contributed by atoms with E-state index in [2.05, 4.69) is 41.2 Å². The Morgan fingerprint density at radius 2 is 2.33 bits per heavy atom. The number of hydrogen-bond acceptors (Lipinski definition) is 5. The van der Waals surface area contributed by atoms with Crippen molar-refractivity contribution in [2.45, 2.75) is 38.0 Å². The Kier molecular flexibility index (Phi) is 5.95. The SMILES string of the molecule is Cc1cnc(C(C)NCCSC2CCNCC2)s1. The molecule has 0 spiro atoms. The Bertz CT molecular complexity index is 348. The van der Waals surface area contributed by atoms with Crippen molar-refractivity contribution in [3.63, 3.8) is 0 Å². The average Bonchev–Trinajstić information content (AvgIpc) is 2.82. The topological polar surface area (TPSA) is 37.0 Å². The molecule has 0 radical (unpaired) electrons. The lowest BCUT2D eigenvalue weighted by atomic mass is 10.2. The molecule has 18 heavy (non-hydrogen) atoms. The van der Waals surface area contributed by atoms with E-state index < -0.39 is 0 Å². The average molecular weight is 285 g/mol. The number of aryl methyl sites for hydroxylation is 1. The van der Waals surface area contributed by atoms with Gasteiger partial charge < -0.3 is 10.6 Å². The first-order valence-electron chi connectivity index (χ1n) is 6.73. The first kappa shape index (κ1) is 14.3. The Hall–Kier alpha value is -0.100. The van der Waals surface area contributed by atoms with E-state index in [0.29, 0.717) is 6.04 Å². The van der Waals surface area contributed by atoms with Gasteiger partial charge in [0.2, 0.25) is 0 Å². The van der Waals surface area contributed by atoms with Gasteiger partial charge in [0.1, 0.15) is 5.01 Å². The van der Waals surface area contributed by atoms with Crippen molar-refractivity contribution in [2.75, 3.05) is 25.4 Å². The van der Waals surface area contributed by atoms with Gasteiger partial charge in [-0.15, -0.1) is 11.3 Å². The number of aromatic nitrogens is 1. The highest BCUT2D eigenvalue weighted by Crippen LogP contribution is 2.21. The Balaban J connectivity index is 1.60. The third-order valence-electron chi connectivity index (χ3n) is 3.20. The van der Waals surface area contributed by atoms with Crippen LogP contribution in [0.5, 0.6) is 0 Å². The van der Waals surface area contributed by atoms with Gasteiger partial charge >= 0.3 is 0 Å². The molecular weight excluding hydrogens is 262 g/mol. The van der Waals surface area contributed by atoms with Gasteiger partial charge in [0.05, 0.1) is 6.04 Å². The third-order valence-corrected chi connectivity index (χ3v) is 5.68. The first-order valence-corrected chi connectivity index (χ1v) is 8.60. The van der Waals surface area contributed by atoms with E-state index in [0.717, 1.165) is 11.8 Å². The highest BCUT2D eigenvalue weighted by Gasteiger charge is 2.13. The van der Waals surface area contributed by atoms with Gasteiger partial charge in [-0.25, -0.2) is 4.98 Å². The first-order chi connectivity index (χ1) is 8.75. The Morgan fingerprint density at radius 1 is 1.56 bits per heavy atom. The molecule has 0 aliphatic carbocycles. The van der Waals surface area contributed by atoms with Crippen LogP contribution in [-0.2, 0) is 0 Å². The van der Waals surface area contributed by atoms with E-state index in [1.165, 1.54) is 41.6 Å². The molecule has 1 aliphatic rings. The summed E-state index contributed by atoms with van der Waals surface area (Å²) in [4.78, 5) is 5.72. The lowest BCUT2D eigenvalue weighted by Gasteiger charge is -2.22. The molecular formula is C13H23N3S2. The third kappa shape index (κ3) is 4.53. The van der Waals surface area contributed by atoms with Crippen molar-refractivity contribution in [3.8, 4) is 0 Å². The van der Waals surface area contributed by atoms with Gasteiger partial charge in [-0.05, 0) is 39.8 Å². The summed E-state index contributed by atoms with van der Waals surface area (Å²) in [5.41, 5.74) is 0. The second kappa shape index (κ2) is 7.48. The maximum atomic E-state index is 4.43. The maximum absolute atomic E-state index is 4.43. The summed E-state index contributed by atoms with van der Waals surface area (Å²) in [7, 11) is 0. The summed E-state index contributed by atoms with van der Waals surface area (Å²) >= 11 is 3.91. The second-order valence-corrected chi connectivity index (χ2v) is 7.48. The number of nitrogens with one attached hydrogen (secondary N) is 2. The van der Waals surface area contributed by atoms with Crippen LogP contribution in [0.2, 0.25) is 0 Å². The Morgan fingerprint density at radius 3 is 3.00 bits per heavy atom. The minimum absolute atomic E-state index is 0.386. The molecule has 0 saturated carbocycles. The summed E-state index contributed by atoms with van der Waals surface area (Å²) in [6.45, 7) is 7.78. The van der Waals surface area contributed by atoms with Crippen LogP contribution in [0.1, 0.15) is 35.7 Å². The molecule has 1 aliphatic heterocycles. The van der Waals surface area contributed by atoms with Crippen LogP contribution < -0.4 is 10.6 Å². The number of rotatable bonds is 6. The van der Waals surface area contributed by atoms with Crippen LogP contribution in [-0.4, -0.2) is 35.6 Å². The molecule has 0 bridgehead atoms. The lowest BCUT2D eigenvalue weighted by Crippen LogP contribution is -2.30. The van der Waals surface area contributed by atoms with Crippen molar-refractivity contribution in [1.29, 1.82) is 0 Å². The zero-order chi connectivity index (χ0) is 12.8. The molecule has 1 fully saturated rings. The van der Waals surface area contributed by atoms with Gasteiger partial charge in [-0.3, -0.25) is 0 Å². The molecule has 3 nitrogen and oxygen atoms in total. The molecule has 5 heteroatoms. The second-order valence-electron chi connectivity index (χ2n) is 4.81. The normalized spacial score (nSPS) is 19.0. The van der Waals surface area contributed by atoms with Crippen LogP contribution >= 0.6 is 23.1 Å². The number of nitrogens with zero attached hydrogens (tertiary/aromatic N) is 1. The highest BCUT2D eigenvalue weighted by atomic mass is 32.2. The van der Waals surface area contributed by atoms with Gasteiger partial charge in [-0.1, -0.05) is 0 Å². The molecule has 1 atom stereocenters. The predicted octanol–water partition coefficient (Wildman–Crippen LogP) is 2.59. The predicted molar refractivity (Wildman–Crippen MR) is 81.6 cm³/mol. The van der Waals surface area contributed by atoms with Gasteiger partial charge in [-0.2, -0.15) is 11.8 Å². The largest absolute Gasteiger partial charge is 0.317 e. The lowest BCUT2D eigenvalue weighted by molar-refractivity contribution is 0.530. The zero-order valence-electron chi connectivity index (χ0n) is 11.2. The van der Waals surface area contributed by atoms with Crippen LogP contribution in [0.4, 0.5) is 0 Å². The van der Waals surface area contributed by atoms with E-state index >= 15 is 0 Å². The fourth-order valence-corrected chi connectivity index (χ4v) is 4.06. The standard InChI is InChI=1S/C13H23N3S2/c1-10-9-16-13(18-10)11(2)15-7-8-17-12-3-5-14-6-4-12/h9,11-12,14-15H,3-8H2,1-2H3. The highest BCUT2D eigenvalue weighted by molar-refractivity contribution is 7.99. The van der Waals surface area contributed by atoms with Crippen molar-refractivity contribution in [2.24, 2.45) is 0 Å². The van der Waals surface area contributed by atoms with E-state index in [1.54, 1.807) is 11.3 Å². The minimum Gasteiger partial charge on any atom is -0.317 e. The van der Waals surface area contributed by atoms with Crippen LogP contribution in [0.25, 0.3) is 0 Å². The van der Waals surface area contributed by atoms with Crippen molar-refractivity contribution < 1.29 is 0 Å². The van der Waals surface area contributed by atoms with Gasteiger partial charge in [0.15, 0.2) is 0 Å². The number of thioether (sulfide) groups is 1. The quantitative estimate of drug-likeness (QED) is 0.788. The van der Waals surface area contributed by atoms with E-state index in [-0.39, 0.29) is 0 Å². The van der Waals surface area contributed by atoms with Crippen LogP contribution in [0, 0.1) is 6.92 Å². The van der Waals surface area contributed by atoms with Crippen molar-refractivity contribution in [1.82, 2.24) is 15.6 Å². The van der Waals surface area contributed by atoms with Crippen molar-refractivity contribution >= 4 is 23.1 Å². The summed E-state index contributed by atoms with van der Waals surface area (Å²) in [5.74, 6) is 1.21. The van der Waals surface area contributed by atoms with E-state index in [4.69, 9.17) is 0 Å². The summed E-state index contributed by atoms with van der Waals surface area (Å²) in [6, 6.07) is 0.386.